The molecule has 0 aromatic rings. The standard InChI is InChI=1S/C11H24N2O/c1-5-13(6-2)8-7-10(12)11(14)9(3)4/h9-10H,5-8,12H2,1-4H3/t10-/m0/s1. The van der Waals surface area contributed by atoms with Gasteiger partial charge in [0.1, 0.15) is 0 Å². The first-order valence-electron chi connectivity index (χ1n) is 5.54. The molecule has 0 aliphatic heterocycles. The second-order valence-corrected chi connectivity index (χ2v) is 3.98. The molecular weight excluding hydrogens is 176 g/mol. The van der Waals surface area contributed by atoms with E-state index in [4.69, 9.17) is 5.73 Å². The molecule has 0 radical (unpaired) electrons. The van der Waals surface area contributed by atoms with E-state index in [-0.39, 0.29) is 17.7 Å². The second kappa shape index (κ2) is 6.96. The first kappa shape index (κ1) is 13.6. The predicted molar refractivity (Wildman–Crippen MR) is 60.2 cm³/mol. The van der Waals surface area contributed by atoms with E-state index in [0.29, 0.717) is 0 Å². The van der Waals surface area contributed by atoms with Crippen LogP contribution in [0.5, 0.6) is 0 Å². The summed E-state index contributed by atoms with van der Waals surface area (Å²) in [6.45, 7) is 11.0. The van der Waals surface area contributed by atoms with Gasteiger partial charge in [-0.2, -0.15) is 0 Å². The van der Waals surface area contributed by atoms with Crippen LogP contribution in [0.1, 0.15) is 34.1 Å². The van der Waals surface area contributed by atoms with Crippen LogP contribution in [0.15, 0.2) is 0 Å². The number of hydrogen-bond acceptors (Lipinski definition) is 3. The maximum absolute atomic E-state index is 11.5. The summed E-state index contributed by atoms with van der Waals surface area (Å²) in [6.07, 6.45) is 0.776. The number of ketones is 1. The molecule has 0 rings (SSSR count). The SMILES string of the molecule is CCN(CC)CC[C@H](N)C(=O)C(C)C. The molecule has 0 aromatic heterocycles. The van der Waals surface area contributed by atoms with E-state index in [2.05, 4.69) is 18.7 Å². The van der Waals surface area contributed by atoms with E-state index in [1.165, 1.54) is 0 Å². The molecule has 0 fully saturated rings. The number of carbonyl (C=O) groups is 1. The third-order valence-electron chi connectivity index (χ3n) is 2.59. The van der Waals surface area contributed by atoms with Crippen LogP contribution < -0.4 is 5.73 Å². The Kier molecular flexibility index (Phi) is 6.75. The minimum atomic E-state index is -0.282. The van der Waals surface area contributed by atoms with Crippen molar-refractivity contribution in [3.8, 4) is 0 Å². The van der Waals surface area contributed by atoms with Gasteiger partial charge in [0, 0.05) is 12.5 Å². The van der Waals surface area contributed by atoms with Crippen LogP contribution in [-0.2, 0) is 4.79 Å². The average Bonchev–Trinajstić information content (AvgIpc) is 2.17. The minimum absolute atomic E-state index is 0.0571. The molecule has 84 valence electrons. The zero-order valence-corrected chi connectivity index (χ0v) is 9.92. The third kappa shape index (κ3) is 4.72. The predicted octanol–water partition coefficient (Wildman–Crippen LogP) is 1.27. The Morgan fingerprint density at radius 2 is 1.79 bits per heavy atom. The summed E-state index contributed by atoms with van der Waals surface area (Å²) in [5.74, 6) is 0.235. The lowest BCUT2D eigenvalue weighted by atomic mass is 10.00. The number of hydrogen-bond donors (Lipinski definition) is 1. The summed E-state index contributed by atoms with van der Waals surface area (Å²) in [5, 5.41) is 0. The first-order valence-corrected chi connectivity index (χ1v) is 5.54. The van der Waals surface area contributed by atoms with Crippen LogP contribution in [-0.4, -0.2) is 36.4 Å². The maximum Gasteiger partial charge on any atom is 0.152 e. The van der Waals surface area contributed by atoms with Crippen molar-refractivity contribution in [3.63, 3.8) is 0 Å². The van der Waals surface area contributed by atoms with Crippen molar-refractivity contribution in [2.75, 3.05) is 19.6 Å². The largest absolute Gasteiger partial charge is 0.321 e. The van der Waals surface area contributed by atoms with Crippen molar-refractivity contribution in [1.82, 2.24) is 4.90 Å². The summed E-state index contributed by atoms with van der Waals surface area (Å²) in [4.78, 5) is 13.8. The van der Waals surface area contributed by atoms with Crippen molar-refractivity contribution in [3.05, 3.63) is 0 Å². The van der Waals surface area contributed by atoms with Crippen LogP contribution >= 0.6 is 0 Å². The molecule has 0 amide bonds. The van der Waals surface area contributed by atoms with Crippen LogP contribution in [0.2, 0.25) is 0 Å². The Balaban J connectivity index is 3.83. The molecule has 0 saturated carbocycles. The minimum Gasteiger partial charge on any atom is -0.321 e. The quantitative estimate of drug-likeness (QED) is 0.673. The van der Waals surface area contributed by atoms with Crippen LogP contribution in [0.4, 0.5) is 0 Å². The third-order valence-corrected chi connectivity index (χ3v) is 2.59. The number of rotatable bonds is 7. The number of Topliss-reactive ketones (excluding diaryl/α,β-unsaturated/α-hetero) is 1. The van der Waals surface area contributed by atoms with Gasteiger partial charge in [-0.15, -0.1) is 0 Å². The van der Waals surface area contributed by atoms with Gasteiger partial charge in [0.05, 0.1) is 6.04 Å². The number of nitrogens with two attached hydrogens (primary N) is 1. The Morgan fingerprint density at radius 3 is 2.14 bits per heavy atom. The molecule has 14 heavy (non-hydrogen) atoms. The van der Waals surface area contributed by atoms with E-state index in [9.17, 15) is 4.79 Å². The summed E-state index contributed by atoms with van der Waals surface area (Å²) in [6, 6.07) is -0.282. The highest BCUT2D eigenvalue weighted by molar-refractivity contribution is 5.85. The normalized spacial score (nSPS) is 13.6. The van der Waals surface area contributed by atoms with Gasteiger partial charge >= 0.3 is 0 Å². The van der Waals surface area contributed by atoms with Gasteiger partial charge in [0.15, 0.2) is 5.78 Å². The van der Waals surface area contributed by atoms with Gasteiger partial charge in [0.2, 0.25) is 0 Å². The van der Waals surface area contributed by atoms with E-state index in [1.54, 1.807) is 0 Å². The fourth-order valence-electron chi connectivity index (χ4n) is 1.43. The molecule has 0 aliphatic rings. The van der Waals surface area contributed by atoms with Gasteiger partial charge in [-0.05, 0) is 19.5 Å². The molecule has 1 atom stereocenters. The summed E-state index contributed by atoms with van der Waals surface area (Å²) in [7, 11) is 0. The van der Waals surface area contributed by atoms with Crippen LogP contribution in [0.25, 0.3) is 0 Å². The van der Waals surface area contributed by atoms with E-state index in [0.717, 1.165) is 26.1 Å². The number of carbonyl (C=O) groups excluding carboxylic acids is 1. The molecule has 0 saturated heterocycles. The van der Waals surface area contributed by atoms with Crippen molar-refractivity contribution < 1.29 is 4.79 Å². The molecule has 0 heterocycles. The lowest BCUT2D eigenvalue weighted by Crippen LogP contribution is -2.37. The highest BCUT2D eigenvalue weighted by atomic mass is 16.1. The first-order chi connectivity index (χ1) is 6.52. The van der Waals surface area contributed by atoms with Gasteiger partial charge in [-0.25, -0.2) is 0 Å². The Bertz CT molecular complexity index is 165. The smallest absolute Gasteiger partial charge is 0.152 e. The highest BCUT2D eigenvalue weighted by Crippen LogP contribution is 2.02. The zero-order chi connectivity index (χ0) is 11.1. The molecule has 2 N–H and O–H groups in total. The lowest BCUT2D eigenvalue weighted by molar-refractivity contribution is -0.123. The summed E-state index contributed by atoms with van der Waals surface area (Å²) < 4.78 is 0. The summed E-state index contributed by atoms with van der Waals surface area (Å²) >= 11 is 0. The molecular formula is C11H24N2O. The van der Waals surface area contributed by atoms with E-state index >= 15 is 0 Å². The second-order valence-electron chi connectivity index (χ2n) is 3.98. The van der Waals surface area contributed by atoms with Gasteiger partial charge in [0.25, 0.3) is 0 Å². The molecule has 3 heteroatoms. The Morgan fingerprint density at radius 1 is 1.29 bits per heavy atom. The van der Waals surface area contributed by atoms with E-state index in [1.807, 2.05) is 13.8 Å². The van der Waals surface area contributed by atoms with Crippen LogP contribution in [0.3, 0.4) is 0 Å². The topological polar surface area (TPSA) is 46.3 Å². The lowest BCUT2D eigenvalue weighted by Gasteiger charge is -2.20. The van der Waals surface area contributed by atoms with Crippen molar-refractivity contribution in [1.29, 1.82) is 0 Å². The van der Waals surface area contributed by atoms with Gasteiger partial charge in [-0.1, -0.05) is 27.7 Å². The van der Waals surface area contributed by atoms with Crippen molar-refractivity contribution in [2.45, 2.75) is 40.2 Å². The fraction of sp³-hybridized carbons (Fsp3) is 0.909. The highest BCUT2D eigenvalue weighted by Gasteiger charge is 2.17. The van der Waals surface area contributed by atoms with Gasteiger partial charge < -0.3 is 10.6 Å². The monoisotopic (exact) mass is 200 g/mol. The fourth-order valence-corrected chi connectivity index (χ4v) is 1.43. The molecule has 3 nitrogen and oxygen atoms in total. The maximum atomic E-state index is 11.5. The molecule has 0 bridgehead atoms. The Hall–Kier alpha value is -0.410. The van der Waals surface area contributed by atoms with E-state index < -0.39 is 0 Å². The van der Waals surface area contributed by atoms with Crippen LogP contribution in [0, 0.1) is 5.92 Å². The van der Waals surface area contributed by atoms with Crippen molar-refractivity contribution in [2.24, 2.45) is 11.7 Å². The Labute approximate surface area is 87.6 Å². The molecule has 0 unspecified atom stereocenters. The molecule has 0 aromatic carbocycles. The van der Waals surface area contributed by atoms with Gasteiger partial charge in [-0.3, -0.25) is 4.79 Å². The zero-order valence-electron chi connectivity index (χ0n) is 9.92. The van der Waals surface area contributed by atoms with Crippen molar-refractivity contribution >= 4 is 5.78 Å². The summed E-state index contributed by atoms with van der Waals surface area (Å²) in [5.41, 5.74) is 5.80. The average molecular weight is 200 g/mol. The molecule has 0 aliphatic carbocycles. The molecule has 0 spiro atoms. The number of nitrogens with zero attached hydrogens (tertiary/aromatic N) is 1.